The van der Waals surface area contributed by atoms with Gasteiger partial charge in [0, 0.05) is 5.60 Å². The largest absolute Gasteiger partial charge is 2.00 e. The van der Waals surface area contributed by atoms with E-state index in [0.717, 1.165) is 6.04 Å². The van der Waals surface area contributed by atoms with Crippen molar-refractivity contribution in [1.29, 1.82) is 0 Å². The monoisotopic (exact) mass is 218 g/mol. The molecule has 0 saturated heterocycles. The quantitative estimate of drug-likeness (QED) is 0.437. The average molecular weight is 219 g/mol. The first-order valence-electron chi connectivity index (χ1n) is 3.96. The summed E-state index contributed by atoms with van der Waals surface area (Å²) in [5.41, 5.74) is 0.0462. The third kappa shape index (κ3) is 11.2. The third-order valence-corrected chi connectivity index (χ3v) is 3.89. The van der Waals surface area contributed by atoms with Crippen LogP contribution in [0.4, 0.5) is 0 Å². The number of hydrogen-bond donors (Lipinski definition) is 0. The second-order valence-corrected chi connectivity index (χ2v) is 6.42. The molecule has 0 amide bonds. The summed E-state index contributed by atoms with van der Waals surface area (Å²) in [4.78, 5) is 0. The Morgan fingerprint density at radius 1 is 1.33 bits per heavy atom. The Balaban J connectivity index is -0.000000405. The summed E-state index contributed by atoms with van der Waals surface area (Å²) < 4.78 is 5.81. The molecule has 0 aliphatic carbocycles. The van der Waals surface area contributed by atoms with Gasteiger partial charge in [-0.2, -0.15) is 6.04 Å². The summed E-state index contributed by atoms with van der Waals surface area (Å²) in [6.45, 7) is 12.4. The van der Waals surface area contributed by atoms with E-state index in [4.69, 9.17) is 4.43 Å². The van der Waals surface area contributed by atoms with Crippen LogP contribution in [0.5, 0.6) is 0 Å². The predicted octanol–water partition coefficient (Wildman–Crippen LogP) is -0.998. The zero-order valence-corrected chi connectivity index (χ0v) is 12.0. The number of halogens is 1. The first kappa shape index (κ1) is 18.9. The SMILES string of the molecule is [CH2-]C[SiH](CC)OC(C)(C)C.[Cl-].[Mg+2]. The Kier molecular flexibility index (Phi) is 13.9. The fourth-order valence-electron chi connectivity index (χ4n) is 0.846. The van der Waals surface area contributed by atoms with Crippen LogP contribution >= 0.6 is 0 Å². The fraction of sp³-hybridized carbons (Fsp3) is 0.875. The standard InChI is InChI=1S/C8H19OSi.ClH.Mg/c1-6-10(7-2)9-8(3,4)5;;/h10H,1,6-7H2,2-5H3;1H;/q-1;;+2/p-1. The molecular weight excluding hydrogens is 200 g/mol. The van der Waals surface area contributed by atoms with Gasteiger partial charge in [-0.25, -0.2) is 0 Å². The number of rotatable bonds is 3. The molecule has 12 heavy (non-hydrogen) atoms. The molecule has 0 radical (unpaired) electrons. The van der Waals surface area contributed by atoms with Gasteiger partial charge in [0.25, 0.3) is 0 Å². The van der Waals surface area contributed by atoms with Crippen molar-refractivity contribution in [2.45, 2.75) is 45.4 Å². The Bertz CT molecular complexity index is 91.5. The van der Waals surface area contributed by atoms with E-state index < -0.39 is 9.04 Å². The van der Waals surface area contributed by atoms with Crippen LogP contribution in [0.3, 0.4) is 0 Å². The molecule has 0 aliphatic rings. The van der Waals surface area contributed by atoms with Gasteiger partial charge in [-0.3, -0.25) is 0 Å². The second-order valence-electron chi connectivity index (χ2n) is 3.55. The van der Waals surface area contributed by atoms with Crippen LogP contribution in [0, 0.1) is 6.92 Å². The van der Waals surface area contributed by atoms with Gasteiger partial charge in [0.15, 0.2) is 0 Å². The first-order valence-corrected chi connectivity index (χ1v) is 6.07. The van der Waals surface area contributed by atoms with Crippen molar-refractivity contribution in [2.75, 3.05) is 0 Å². The normalized spacial score (nSPS) is 12.8. The molecule has 0 aromatic heterocycles. The third-order valence-electron chi connectivity index (χ3n) is 1.30. The van der Waals surface area contributed by atoms with Crippen molar-refractivity contribution in [3.8, 4) is 0 Å². The van der Waals surface area contributed by atoms with E-state index >= 15 is 0 Å². The number of hydrogen-bond acceptors (Lipinski definition) is 1. The molecule has 0 heterocycles. The van der Waals surface area contributed by atoms with Crippen LogP contribution in [0.1, 0.15) is 27.7 Å². The van der Waals surface area contributed by atoms with Crippen molar-refractivity contribution in [1.82, 2.24) is 0 Å². The van der Waals surface area contributed by atoms with E-state index in [1.807, 2.05) is 0 Å². The van der Waals surface area contributed by atoms with Gasteiger partial charge in [-0.15, -0.1) is 0 Å². The van der Waals surface area contributed by atoms with E-state index in [-0.39, 0.29) is 41.1 Å². The smallest absolute Gasteiger partial charge is 1.00 e. The Morgan fingerprint density at radius 2 is 1.75 bits per heavy atom. The van der Waals surface area contributed by atoms with Crippen molar-refractivity contribution in [3.63, 3.8) is 0 Å². The van der Waals surface area contributed by atoms with Crippen molar-refractivity contribution >= 4 is 32.1 Å². The molecular formula is C8H19ClMgOSi. The van der Waals surface area contributed by atoms with Crippen molar-refractivity contribution in [2.24, 2.45) is 0 Å². The zero-order chi connectivity index (χ0) is 8.20. The van der Waals surface area contributed by atoms with E-state index in [0.29, 0.717) is 0 Å². The minimum atomic E-state index is -0.928. The van der Waals surface area contributed by atoms with Crippen LogP contribution in [-0.4, -0.2) is 37.7 Å². The molecule has 0 bridgehead atoms. The summed E-state index contributed by atoms with van der Waals surface area (Å²) in [7, 11) is -0.928. The molecule has 70 valence electrons. The van der Waals surface area contributed by atoms with E-state index in [1.54, 1.807) is 0 Å². The maximum absolute atomic E-state index is 5.81. The fourth-order valence-corrected chi connectivity index (χ4v) is 2.54. The van der Waals surface area contributed by atoms with Crippen LogP contribution in [0.15, 0.2) is 0 Å². The molecule has 0 aromatic rings. The van der Waals surface area contributed by atoms with Gasteiger partial charge >= 0.3 is 23.1 Å². The summed E-state index contributed by atoms with van der Waals surface area (Å²) >= 11 is 0. The van der Waals surface area contributed by atoms with E-state index in [9.17, 15) is 0 Å². The van der Waals surface area contributed by atoms with Crippen molar-refractivity contribution < 1.29 is 16.8 Å². The second kappa shape index (κ2) is 8.81. The van der Waals surface area contributed by atoms with Crippen LogP contribution in [0.25, 0.3) is 0 Å². The van der Waals surface area contributed by atoms with Crippen molar-refractivity contribution in [3.05, 3.63) is 6.92 Å². The van der Waals surface area contributed by atoms with Gasteiger partial charge in [0.05, 0.1) is 0 Å². The van der Waals surface area contributed by atoms with Crippen LogP contribution < -0.4 is 12.4 Å². The summed E-state index contributed by atoms with van der Waals surface area (Å²) in [5, 5.41) is 0. The molecule has 0 aromatic carbocycles. The molecule has 0 spiro atoms. The Hall–Kier alpha value is 1.23. The maximum atomic E-state index is 5.81. The molecule has 4 heteroatoms. The predicted molar refractivity (Wildman–Crippen MR) is 54.4 cm³/mol. The average Bonchev–Trinajstić information content (AvgIpc) is 1.81. The zero-order valence-electron chi connectivity index (χ0n) is 8.69. The Labute approximate surface area is 101 Å². The minimum absolute atomic E-state index is 0. The minimum Gasteiger partial charge on any atom is -1.00 e. The molecule has 0 fully saturated rings. The molecule has 1 unspecified atom stereocenters. The summed E-state index contributed by atoms with van der Waals surface area (Å²) in [5.74, 6) is 0. The molecule has 1 atom stereocenters. The molecule has 0 saturated carbocycles. The van der Waals surface area contributed by atoms with Gasteiger partial charge in [0.2, 0.25) is 0 Å². The van der Waals surface area contributed by atoms with Gasteiger partial charge in [0.1, 0.15) is 9.04 Å². The molecule has 0 aliphatic heterocycles. The summed E-state index contributed by atoms with van der Waals surface area (Å²) in [6.07, 6.45) is 0. The summed E-state index contributed by atoms with van der Waals surface area (Å²) in [6, 6.07) is 2.20. The maximum Gasteiger partial charge on any atom is 2.00 e. The first-order chi connectivity index (χ1) is 4.49. The molecule has 1 nitrogen and oxygen atoms in total. The topological polar surface area (TPSA) is 9.23 Å². The van der Waals surface area contributed by atoms with E-state index in [1.165, 1.54) is 6.04 Å². The molecule has 0 rings (SSSR count). The van der Waals surface area contributed by atoms with Gasteiger partial charge in [-0.1, -0.05) is 6.92 Å². The van der Waals surface area contributed by atoms with E-state index in [2.05, 4.69) is 34.6 Å². The van der Waals surface area contributed by atoms with Crippen LogP contribution in [0.2, 0.25) is 12.1 Å². The Morgan fingerprint density at radius 3 is 1.83 bits per heavy atom. The van der Waals surface area contributed by atoms with Crippen LogP contribution in [-0.2, 0) is 4.43 Å². The van der Waals surface area contributed by atoms with Gasteiger partial charge in [-0.05, 0) is 26.8 Å². The molecule has 0 N–H and O–H groups in total. The van der Waals surface area contributed by atoms with Gasteiger partial charge < -0.3 is 23.8 Å².